The minimum Gasteiger partial charge on any atom is -0.479 e. The molecule has 6 heteroatoms. The fraction of sp³-hybridized carbons (Fsp3) is 0.273. The molecule has 0 aliphatic rings. The van der Waals surface area contributed by atoms with Gasteiger partial charge in [-0.2, -0.15) is 0 Å². The van der Waals surface area contributed by atoms with Gasteiger partial charge in [-0.3, -0.25) is 0 Å². The lowest BCUT2D eigenvalue weighted by Gasteiger charge is -2.13. The van der Waals surface area contributed by atoms with Crippen molar-refractivity contribution in [2.24, 2.45) is 0 Å². The van der Waals surface area contributed by atoms with Crippen molar-refractivity contribution < 1.29 is 28.2 Å². The number of hydrogen-bond donors (Lipinski definition) is 0. The molecule has 0 saturated heterocycles. The Kier molecular flexibility index (Phi) is 5.99. The molecule has 2 aromatic carbocycles. The lowest BCUT2D eigenvalue weighted by atomic mass is 10.1. The second-order valence-electron chi connectivity index (χ2n) is 6.06. The van der Waals surface area contributed by atoms with Crippen molar-refractivity contribution in [3.8, 4) is 17.1 Å². The molecule has 0 amide bonds. The number of hydrogen-bond acceptors (Lipinski definition) is 6. The van der Waals surface area contributed by atoms with Crippen LogP contribution in [0.5, 0.6) is 5.75 Å². The maximum Gasteiger partial charge on any atom is 0.347 e. The molecule has 0 saturated carbocycles. The van der Waals surface area contributed by atoms with E-state index >= 15 is 0 Å². The summed E-state index contributed by atoms with van der Waals surface area (Å²) in [6, 6.07) is 14.4. The van der Waals surface area contributed by atoms with Gasteiger partial charge in [-0.15, -0.1) is 0 Å². The predicted molar refractivity (Wildman–Crippen MR) is 104 cm³/mol. The third-order valence-electron chi connectivity index (χ3n) is 4.11. The number of esters is 2. The van der Waals surface area contributed by atoms with Gasteiger partial charge in [0.15, 0.2) is 6.10 Å². The average molecular weight is 382 g/mol. The van der Waals surface area contributed by atoms with E-state index < -0.39 is 18.0 Å². The summed E-state index contributed by atoms with van der Waals surface area (Å²) in [6.45, 7) is 5.62. The van der Waals surface area contributed by atoms with Crippen LogP contribution in [-0.4, -0.2) is 31.3 Å². The molecule has 28 heavy (non-hydrogen) atoms. The molecular weight excluding hydrogens is 360 g/mol. The summed E-state index contributed by atoms with van der Waals surface area (Å²) in [5.41, 5.74) is 1.62. The molecule has 0 aliphatic heterocycles. The van der Waals surface area contributed by atoms with Crippen molar-refractivity contribution >= 4 is 22.9 Å². The molecule has 0 bridgehead atoms. The molecule has 0 radical (unpaired) electrons. The van der Waals surface area contributed by atoms with Crippen molar-refractivity contribution in [1.82, 2.24) is 0 Å². The Morgan fingerprint density at radius 2 is 1.71 bits per heavy atom. The maximum absolute atomic E-state index is 12.6. The predicted octanol–water partition coefficient (Wildman–Crippen LogP) is 4.61. The standard InChI is InChI=1S/C22H22O6/c1-4-25-21(23)14(3)27-16-11-12-18-17(13-16)19(22(24)26-5-2)20(28-18)15-9-7-6-8-10-15/h6-14H,4-5H2,1-3H3. The topological polar surface area (TPSA) is 75.0 Å². The smallest absolute Gasteiger partial charge is 0.347 e. The van der Waals surface area contributed by atoms with Crippen LogP contribution in [0, 0.1) is 0 Å². The largest absolute Gasteiger partial charge is 0.479 e. The van der Waals surface area contributed by atoms with Gasteiger partial charge in [0.05, 0.1) is 13.2 Å². The summed E-state index contributed by atoms with van der Waals surface area (Å²) < 4.78 is 21.8. The number of carbonyl (C=O) groups excluding carboxylic acids is 2. The van der Waals surface area contributed by atoms with E-state index in [9.17, 15) is 9.59 Å². The number of furan rings is 1. The quantitative estimate of drug-likeness (QED) is 0.556. The van der Waals surface area contributed by atoms with Crippen LogP contribution >= 0.6 is 0 Å². The SMILES string of the molecule is CCOC(=O)c1c(-c2ccccc2)oc2ccc(OC(C)C(=O)OCC)cc12. The van der Waals surface area contributed by atoms with Gasteiger partial charge >= 0.3 is 11.9 Å². The van der Waals surface area contributed by atoms with Crippen LogP contribution in [0.3, 0.4) is 0 Å². The highest BCUT2D eigenvalue weighted by atomic mass is 16.6. The Hall–Kier alpha value is -3.28. The van der Waals surface area contributed by atoms with Crippen LogP contribution in [0.4, 0.5) is 0 Å². The van der Waals surface area contributed by atoms with Crippen molar-refractivity contribution in [1.29, 1.82) is 0 Å². The molecule has 0 aliphatic carbocycles. The summed E-state index contributed by atoms with van der Waals surface area (Å²) in [7, 11) is 0. The van der Waals surface area contributed by atoms with Crippen LogP contribution in [0.2, 0.25) is 0 Å². The van der Waals surface area contributed by atoms with Crippen molar-refractivity contribution in [2.75, 3.05) is 13.2 Å². The number of fused-ring (bicyclic) bond motifs is 1. The van der Waals surface area contributed by atoms with Crippen LogP contribution in [-0.2, 0) is 14.3 Å². The lowest BCUT2D eigenvalue weighted by Crippen LogP contribution is -2.26. The van der Waals surface area contributed by atoms with Crippen LogP contribution in [0.25, 0.3) is 22.3 Å². The minimum absolute atomic E-state index is 0.246. The van der Waals surface area contributed by atoms with E-state index in [-0.39, 0.29) is 13.2 Å². The molecule has 1 heterocycles. The van der Waals surface area contributed by atoms with Crippen molar-refractivity contribution in [2.45, 2.75) is 26.9 Å². The van der Waals surface area contributed by atoms with Gasteiger partial charge in [0, 0.05) is 10.9 Å². The summed E-state index contributed by atoms with van der Waals surface area (Å²) in [5, 5.41) is 0.561. The zero-order valence-corrected chi connectivity index (χ0v) is 16.1. The van der Waals surface area contributed by atoms with Gasteiger partial charge in [0.2, 0.25) is 0 Å². The monoisotopic (exact) mass is 382 g/mol. The Labute approximate surface area is 163 Å². The normalized spacial score (nSPS) is 11.8. The lowest BCUT2D eigenvalue weighted by molar-refractivity contribution is -0.150. The molecule has 6 nitrogen and oxygen atoms in total. The zero-order valence-electron chi connectivity index (χ0n) is 16.1. The highest BCUT2D eigenvalue weighted by Crippen LogP contribution is 2.36. The number of benzene rings is 2. The highest BCUT2D eigenvalue weighted by molar-refractivity contribution is 6.09. The van der Waals surface area contributed by atoms with Gasteiger partial charge in [0.25, 0.3) is 0 Å². The first kappa shape index (κ1) is 19.5. The number of ether oxygens (including phenoxy) is 3. The first-order valence-corrected chi connectivity index (χ1v) is 9.17. The molecule has 3 aromatic rings. The second-order valence-corrected chi connectivity index (χ2v) is 6.06. The third-order valence-corrected chi connectivity index (χ3v) is 4.11. The first-order valence-electron chi connectivity index (χ1n) is 9.17. The minimum atomic E-state index is -0.774. The Bertz CT molecular complexity index is 973. The Balaban J connectivity index is 2.05. The van der Waals surface area contributed by atoms with E-state index in [4.69, 9.17) is 18.6 Å². The number of carbonyl (C=O) groups is 2. The van der Waals surface area contributed by atoms with Gasteiger partial charge in [0.1, 0.15) is 22.7 Å². The molecule has 0 spiro atoms. The Morgan fingerprint density at radius 3 is 2.39 bits per heavy atom. The van der Waals surface area contributed by atoms with E-state index in [1.165, 1.54) is 0 Å². The molecule has 0 N–H and O–H groups in total. The molecule has 1 atom stereocenters. The van der Waals surface area contributed by atoms with Gasteiger partial charge in [-0.05, 0) is 39.0 Å². The fourth-order valence-electron chi connectivity index (χ4n) is 2.86. The first-order chi connectivity index (χ1) is 13.5. The third kappa shape index (κ3) is 4.01. The summed E-state index contributed by atoms with van der Waals surface area (Å²) in [6.07, 6.45) is -0.774. The van der Waals surface area contributed by atoms with Crippen molar-refractivity contribution in [3.63, 3.8) is 0 Å². The molecule has 1 aromatic heterocycles. The van der Waals surface area contributed by atoms with E-state index in [1.807, 2.05) is 30.3 Å². The summed E-state index contributed by atoms with van der Waals surface area (Å²) >= 11 is 0. The van der Waals surface area contributed by atoms with Gasteiger partial charge in [-0.1, -0.05) is 30.3 Å². The summed E-state index contributed by atoms with van der Waals surface area (Å²) in [5.74, 6) is -0.0651. The average Bonchev–Trinajstić information content (AvgIpc) is 3.08. The van der Waals surface area contributed by atoms with Gasteiger partial charge in [-0.25, -0.2) is 9.59 Å². The maximum atomic E-state index is 12.6. The molecule has 0 fully saturated rings. The van der Waals surface area contributed by atoms with E-state index in [0.717, 1.165) is 5.56 Å². The fourth-order valence-corrected chi connectivity index (χ4v) is 2.86. The molecular formula is C22H22O6. The van der Waals surface area contributed by atoms with E-state index in [2.05, 4.69) is 0 Å². The van der Waals surface area contributed by atoms with Crippen LogP contribution in [0.15, 0.2) is 52.9 Å². The molecule has 1 unspecified atom stereocenters. The second kappa shape index (κ2) is 8.61. The van der Waals surface area contributed by atoms with Crippen LogP contribution in [0.1, 0.15) is 31.1 Å². The molecule has 3 rings (SSSR count). The van der Waals surface area contributed by atoms with Gasteiger partial charge < -0.3 is 18.6 Å². The van der Waals surface area contributed by atoms with Crippen LogP contribution < -0.4 is 4.74 Å². The molecule has 146 valence electrons. The summed E-state index contributed by atoms with van der Waals surface area (Å²) in [4.78, 5) is 24.5. The number of rotatable bonds is 7. The Morgan fingerprint density at radius 1 is 1.00 bits per heavy atom. The van der Waals surface area contributed by atoms with E-state index in [1.54, 1.807) is 39.0 Å². The van der Waals surface area contributed by atoms with Crippen molar-refractivity contribution in [3.05, 3.63) is 54.1 Å². The zero-order chi connectivity index (χ0) is 20.1. The highest BCUT2D eigenvalue weighted by Gasteiger charge is 2.24. The van der Waals surface area contributed by atoms with E-state index in [0.29, 0.717) is 28.0 Å².